The maximum absolute atomic E-state index is 14.6. The highest BCUT2D eigenvalue weighted by Crippen LogP contribution is 2.68. The summed E-state index contributed by atoms with van der Waals surface area (Å²) in [7, 11) is -1.18. The van der Waals surface area contributed by atoms with Crippen LogP contribution in [0.15, 0.2) is 24.8 Å². The van der Waals surface area contributed by atoms with E-state index in [2.05, 4.69) is 27.4 Å². The Morgan fingerprint density at radius 1 is 1.32 bits per heavy atom. The van der Waals surface area contributed by atoms with Crippen LogP contribution in [0.1, 0.15) is 65.4 Å². The van der Waals surface area contributed by atoms with Gasteiger partial charge in [0.15, 0.2) is 18.2 Å². The predicted molar refractivity (Wildman–Crippen MR) is 139 cm³/mol. The third kappa shape index (κ3) is 3.96. The third-order valence-corrected chi connectivity index (χ3v) is 10.8. The number of esters is 1. The van der Waals surface area contributed by atoms with Gasteiger partial charge in [-0.05, 0) is 66.1 Å². The highest BCUT2D eigenvalue weighted by molar-refractivity contribution is 6.61. The molecule has 2 bridgehead atoms. The Hall–Kier alpha value is -2.23. The zero-order valence-electron chi connectivity index (χ0n) is 22.7. The number of carbonyl (C=O) groups excluding carboxylic acids is 2. The van der Waals surface area contributed by atoms with Crippen molar-refractivity contribution in [3.8, 4) is 5.75 Å². The summed E-state index contributed by atoms with van der Waals surface area (Å²) < 4.78 is 31.4. The van der Waals surface area contributed by atoms with E-state index in [4.69, 9.17) is 14.1 Å². The molecule has 3 saturated carbocycles. The molecule has 3 fully saturated rings. The quantitative estimate of drug-likeness (QED) is 0.344. The summed E-state index contributed by atoms with van der Waals surface area (Å²) in [6.07, 6.45) is 3.57. The van der Waals surface area contributed by atoms with E-state index in [1.807, 2.05) is 6.92 Å². The SMILES string of the molecule is C=C[C@]1(C)C[C@@H](OC(=O)COc2cc3c(cc2F)B(O)OC3)[C@]2(C)[C@H](C)CC[C@]3(CCC(=O)[C@H]32)[C@@H](C)[C@@H]1O. The molecule has 0 aromatic heterocycles. The van der Waals surface area contributed by atoms with Gasteiger partial charge in [-0.3, -0.25) is 4.79 Å². The van der Waals surface area contributed by atoms with Gasteiger partial charge in [-0.1, -0.05) is 33.8 Å². The van der Waals surface area contributed by atoms with E-state index in [1.54, 1.807) is 6.08 Å². The molecule has 0 amide bonds. The minimum atomic E-state index is -1.18. The number of Topliss-reactive ketones (excluding diaryl/α,β-unsaturated/α-hetero) is 1. The maximum Gasteiger partial charge on any atom is 0.491 e. The van der Waals surface area contributed by atoms with Crippen LogP contribution in [0.5, 0.6) is 5.75 Å². The number of aliphatic hydroxyl groups excluding tert-OH is 1. The van der Waals surface area contributed by atoms with Gasteiger partial charge in [-0.2, -0.15) is 0 Å². The van der Waals surface area contributed by atoms with E-state index in [-0.39, 0.29) is 41.3 Å². The molecule has 3 aliphatic carbocycles. The van der Waals surface area contributed by atoms with Crippen LogP contribution in [-0.2, 0) is 25.6 Å². The van der Waals surface area contributed by atoms with Crippen LogP contribution in [0.3, 0.4) is 0 Å². The lowest BCUT2D eigenvalue weighted by Gasteiger charge is -2.61. The molecule has 1 aliphatic heterocycles. The van der Waals surface area contributed by atoms with Gasteiger partial charge in [0, 0.05) is 23.2 Å². The molecule has 1 aromatic rings. The zero-order chi connectivity index (χ0) is 27.6. The first-order valence-corrected chi connectivity index (χ1v) is 13.7. The number of ether oxygens (including phenoxy) is 2. The number of aliphatic hydroxyl groups is 1. The Morgan fingerprint density at radius 3 is 2.76 bits per heavy atom. The van der Waals surface area contributed by atoms with Crippen molar-refractivity contribution in [3.63, 3.8) is 0 Å². The first-order chi connectivity index (χ1) is 17.9. The monoisotopic (exact) mass is 528 g/mol. The number of halogens is 1. The third-order valence-electron chi connectivity index (χ3n) is 10.8. The van der Waals surface area contributed by atoms with Gasteiger partial charge in [0.2, 0.25) is 0 Å². The maximum atomic E-state index is 14.6. The lowest BCUT2D eigenvalue weighted by molar-refractivity contribution is -0.207. The largest absolute Gasteiger partial charge is 0.491 e. The van der Waals surface area contributed by atoms with Crippen LogP contribution in [0.4, 0.5) is 4.39 Å². The molecule has 0 radical (unpaired) electrons. The minimum absolute atomic E-state index is 0.110. The molecule has 7 nitrogen and oxygen atoms in total. The molecule has 206 valence electrons. The molecule has 1 aromatic carbocycles. The Morgan fingerprint density at radius 2 is 2.05 bits per heavy atom. The van der Waals surface area contributed by atoms with Gasteiger partial charge in [0.25, 0.3) is 0 Å². The number of rotatable bonds is 5. The van der Waals surface area contributed by atoms with Gasteiger partial charge >= 0.3 is 13.1 Å². The second-order valence-electron chi connectivity index (χ2n) is 12.5. The van der Waals surface area contributed by atoms with Crippen molar-refractivity contribution in [2.75, 3.05) is 6.61 Å². The molecule has 0 unspecified atom stereocenters. The van der Waals surface area contributed by atoms with E-state index in [0.717, 1.165) is 25.3 Å². The first kappa shape index (κ1) is 27.3. The summed E-state index contributed by atoms with van der Waals surface area (Å²) in [5.74, 6) is -1.65. The second-order valence-corrected chi connectivity index (χ2v) is 12.5. The topological polar surface area (TPSA) is 102 Å². The van der Waals surface area contributed by atoms with Crippen LogP contribution in [0.25, 0.3) is 0 Å². The summed E-state index contributed by atoms with van der Waals surface area (Å²) in [6, 6.07) is 2.57. The number of benzene rings is 1. The highest BCUT2D eigenvalue weighted by Gasteiger charge is 2.68. The second kappa shape index (κ2) is 9.45. The van der Waals surface area contributed by atoms with Gasteiger partial charge in [0.1, 0.15) is 11.9 Å². The molecule has 0 saturated heterocycles. The van der Waals surface area contributed by atoms with E-state index >= 15 is 0 Å². The predicted octanol–water partition coefficient (Wildman–Crippen LogP) is 3.33. The Bertz CT molecular complexity index is 1160. The van der Waals surface area contributed by atoms with Gasteiger partial charge in [-0.25, -0.2) is 9.18 Å². The van der Waals surface area contributed by atoms with Crippen molar-refractivity contribution in [3.05, 3.63) is 36.2 Å². The highest BCUT2D eigenvalue weighted by atomic mass is 19.1. The van der Waals surface area contributed by atoms with Gasteiger partial charge < -0.3 is 24.3 Å². The lowest BCUT2D eigenvalue weighted by atomic mass is 9.44. The fourth-order valence-corrected chi connectivity index (χ4v) is 8.17. The summed E-state index contributed by atoms with van der Waals surface area (Å²) >= 11 is 0. The molecule has 2 N–H and O–H groups in total. The molecular weight excluding hydrogens is 490 g/mol. The number of ketones is 1. The molecule has 1 heterocycles. The normalized spacial score (nSPS) is 40.1. The van der Waals surface area contributed by atoms with Crippen LogP contribution in [-0.4, -0.2) is 47.8 Å². The standard InChI is InChI=1S/C29H38BFO7/c1-6-27(4)13-23(38-24(33)15-36-22-11-18-14-37-30(35)19(18)12-20(22)31)28(5)16(2)7-9-29(17(3)26(27)34)10-8-21(32)25(28)29/h6,11-12,16-17,23,25-26,34-35H,1,7-10,13-15H2,2-5H3/t16-,17+,23-,25+,26+,27-,28+,29+/m1/s1. The van der Waals surface area contributed by atoms with E-state index in [1.165, 1.54) is 6.07 Å². The van der Waals surface area contributed by atoms with Crippen molar-refractivity contribution in [1.29, 1.82) is 0 Å². The summed E-state index contributed by atoms with van der Waals surface area (Å²) in [4.78, 5) is 26.7. The average Bonchev–Trinajstić information content (AvgIpc) is 3.43. The van der Waals surface area contributed by atoms with Crippen LogP contribution >= 0.6 is 0 Å². The molecule has 8 atom stereocenters. The van der Waals surface area contributed by atoms with E-state index in [9.17, 15) is 24.1 Å². The molecule has 9 heteroatoms. The van der Waals surface area contributed by atoms with E-state index < -0.39 is 48.5 Å². The minimum Gasteiger partial charge on any atom is -0.479 e. The number of fused-ring (bicyclic) bond motifs is 1. The Kier molecular flexibility index (Phi) is 6.80. The number of hydrogen-bond acceptors (Lipinski definition) is 7. The molecule has 0 spiro atoms. The van der Waals surface area contributed by atoms with Crippen molar-refractivity contribution in [2.45, 2.75) is 78.6 Å². The fraction of sp³-hybridized carbons (Fsp3) is 0.655. The average molecular weight is 528 g/mol. The van der Waals surface area contributed by atoms with Gasteiger partial charge in [0.05, 0.1) is 12.7 Å². The van der Waals surface area contributed by atoms with Crippen molar-refractivity contribution < 1.29 is 38.2 Å². The Balaban J connectivity index is 1.44. The van der Waals surface area contributed by atoms with Crippen molar-refractivity contribution in [2.24, 2.45) is 34.0 Å². The van der Waals surface area contributed by atoms with Crippen molar-refractivity contribution >= 4 is 24.3 Å². The fourth-order valence-electron chi connectivity index (χ4n) is 8.17. The lowest BCUT2D eigenvalue weighted by Crippen LogP contribution is -2.63. The molecule has 38 heavy (non-hydrogen) atoms. The Labute approximate surface area is 223 Å². The van der Waals surface area contributed by atoms with Gasteiger partial charge in [-0.15, -0.1) is 6.58 Å². The van der Waals surface area contributed by atoms with Crippen LogP contribution in [0, 0.1) is 39.8 Å². The first-order valence-electron chi connectivity index (χ1n) is 13.7. The number of carbonyl (C=O) groups is 2. The molecule has 5 rings (SSSR count). The summed E-state index contributed by atoms with van der Waals surface area (Å²) in [5.41, 5.74) is -0.796. The van der Waals surface area contributed by atoms with Crippen molar-refractivity contribution in [1.82, 2.24) is 0 Å². The smallest absolute Gasteiger partial charge is 0.479 e. The summed E-state index contributed by atoms with van der Waals surface area (Å²) in [5, 5.41) is 21.4. The molecular formula is C29H38BFO7. The molecule has 4 aliphatic rings. The van der Waals surface area contributed by atoms with Crippen LogP contribution < -0.4 is 10.2 Å². The van der Waals surface area contributed by atoms with E-state index in [0.29, 0.717) is 23.9 Å². The summed E-state index contributed by atoms with van der Waals surface area (Å²) in [6.45, 7) is 11.8. The zero-order valence-corrected chi connectivity index (χ0v) is 22.7. The number of hydrogen-bond donors (Lipinski definition) is 2. The van der Waals surface area contributed by atoms with Crippen LogP contribution in [0.2, 0.25) is 0 Å².